The summed E-state index contributed by atoms with van der Waals surface area (Å²) >= 11 is 0. The Morgan fingerprint density at radius 1 is 1.47 bits per heavy atom. The minimum Gasteiger partial charge on any atom is -0.480 e. The maximum absolute atomic E-state index is 10.4. The monoisotopic (exact) mass is 235 g/mol. The van der Waals surface area contributed by atoms with Crippen molar-refractivity contribution >= 4 is 11.7 Å². The van der Waals surface area contributed by atoms with Gasteiger partial charge in [-0.25, -0.2) is 4.79 Å². The van der Waals surface area contributed by atoms with Gasteiger partial charge in [-0.15, -0.1) is 0 Å². The van der Waals surface area contributed by atoms with Crippen molar-refractivity contribution in [2.45, 2.75) is 19.4 Å². The van der Waals surface area contributed by atoms with Gasteiger partial charge in [0.05, 0.1) is 6.10 Å². The number of carboxylic acids is 1. The van der Waals surface area contributed by atoms with Crippen LogP contribution in [-0.2, 0) is 9.53 Å². The van der Waals surface area contributed by atoms with Crippen LogP contribution in [0.25, 0.3) is 0 Å². The van der Waals surface area contributed by atoms with E-state index in [1.807, 2.05) is 0 Å². The predicted molar refractivity (Wildman–Crippen MR) is 65.4 cm³/mol. The molecule has 1 saturated heterocycles. The number of rotatable bonds is 4. The van der Waals surface area contributed by atoms with Crippen LogP contribution in [0.1, 0.15) is 12.0 Å². The molecule has 0 saturated carbocycles. The van der Waals surface area contributed by atoms with Gasteiger partial charge >= 0.3 is 5.97 Å². The average molecular weight is 235 g/mol. The second-order valence-corrected chi connectivity index (χ2v) is 4.40. The van der Waals surface area contributed by atoms with Crippen molar-refractivity contribution in [3.05, 3.63) is 29.8 Å². The number of carboxylic acid groups (broad SMARTS) is 1. The first-order valence-corrected chi connectivity index (χ1v) is 5.80. The van der Waals surface area contributed by atoms with Gasteiger partial charge in [0.15, 0.2) is 0 Å². The third-order valence-corrected chi connectivity index (χ3v) is 2.99. The lowest BCUT2D eigenvalue weighted by Gasteiger charge is -2.18. The van der Waals surface area contributed by atoms with E-state index in [2.05, 4.69) is 36.1 Å². The molecule has 1 aromatic rings. The van der Waals surface area contributed by atoms with E-state index in [9.17, 15) is 4.79 Å². The van der Waals surface area contributed by atoms with Gasteiger partial charge < -0.3 is 14.7 Å². The van der Waals surface area contributed by atoms with Crippen LogP contribution < -0.4 is 4.90 Å². The van der Waals surface area contributed by atoms with Crippen molar-refractivity contribution in [1.82, 2.24) is 0 Å². The molecule has 1 aromatic carbocycles. The molecule has 0 unspecified atom stereocenters. The summed E-state index contributed by atoms with van der Waals surface area (Å²) in [5, 5.41) is 8.55. The summed E-state index contributed by atoms with van der Waals surface area (Å²) in [7, 11) is 0. The molecule has 1 aliphatic heterocycles. The summed E-state index contributed by atoms with van der Waals surface area (Å²) in [5.41, 5.74) is 2.42. The number of hydrogen-bond acceptors (Lipinski definition) is 3. The molecule has 2 rings (SSSR count). The molecule has 1 heterocycles. The number of ether oxygens (including phenoxy) is 1. The van der Waals surface area contributed by atoms with Crippen LogP contribution in [0.4, 0.5) is 5.69 Å². The second-order valence-electron chi connectivity index (χ2n) is 4.40. The first-order valence-electron chi connectivity index (χ1n) is 5.80. The Morgan fingerprint density at radius 2 is 2.18 bits per heavy atom. The number of anilines is 1. The number of nitrogens with zero attached hydrogens (tertiary/aromatic N) is 1. The van der Waals surface area contributed by atoms with Crippen molar-refractivity contribution in [2.75, 3.05) is 24.6 Å². The molecule has 1 atom stereocenters. The zero-order valence-electron chi connectivity index (χ0n) is 9.93. The minimum absolute atomic E-state index is 0.0346. The van der Waals surface area contributed by atoms with Crippen molar-refractivity contribution in [1.29, 1.82) is 0 Å². The predicted octanol–water partition coefficient (Wildman–Crippen LogP) is 1.67. The van der Waals surface area contributed by atoms with E-state index in [-0.39, 0.29) is 12.7 Å². The highest BCUT2D eigenvalue weighted by molar-refractivity contribution is 5.68. The van der Waals surface area contributed by atoms with E-state index >= 15 is 0 Å². The van der Waals surface area contributed by atoms with E-state index in [4.69, 9.17) is 9.84 Å². The molecular formula is C13H17NO3. The largest absolute Gasteiger partial charge is 0.480 e. The molecule has 0 aliphatic carbocycles. The van der Waals surface area contributed by atoms with Crippen LogP contribution >= 0.6 is 0 Å². The highest BCUT2D eigenvalue weighted by Crippen LogP contribution is 2.22. The fraction of sp³-hybridized carbons (Fsp3) is 0.462. The Balaban J connectivity index is 1.89. The standard InChI is InChI=1S/C13H17NO3/c1-10-2-4-11(5-3-10)14-7-6-12(8-14)17-9-13(15)16/h2-5,12H,6-9H2,1H3,(H,15,16)/t12-/m1/s1. The number of aliphatic carboxylic acids is 1. The Kier molecular flexibility index (Phi) is 3.64. The van der Waals surface area contributed by atoms with Gasteiger partial charge in [0.2, 0.25) is 0 Å². The lowest BCUT2D eigenvalue weighted by Crippen LogP contribution is -2.24. The van der Waals surface area contributed by atoms with Gasteiger partial charge in [-0.3, -0.25) is 0 Å². The Morgan fingerprint density at radius 3 is 2.82 bits per heavy atom. The van der Waals surface area contributed by atoms with Crippen LogP contribution in [0, 0.1) is 6.92 Å². The lowest BCUT2D eigenvalue weighted by atomic mass is 10.2. The molecule has 0 amide bonds. The average Bonchev–Trinajstić information content (AvgIpc) is 2.76. The van der Waals surface area contributed by atoms with Gasteiger partial charge in [-0.1, -0.05) is 17.7 Å². The number of carbonyl (C=O) groups is 1. The molecular weight excluding hydrogens is 218 g/mol. The van der Waals surface area contributed by atoms with E-state index in [0.29, 0.717) is 0 Å². The third-order valence-electron chi connectivity index (χ3n) is 2.99. The maximum atomic E-state index is 10.4. The summed E-state index contributed by atoms with van der Waals surface area (Å²) in [6, 6.07) is 8.35. The van der Waals surface area contributed by atoms with Gasteiger partial charge in [0, 0.05) is 18.8 Å². The highest BCUT2D eigenvalue weighted by Gasteiger charge is 2.23. The molecule has 4 nitrogen and oxygen atoms in total. The van der Waals surface area contributed by atoms with E-state index in [1.54, 1.807) is 0 Å². The van der Waals surface area contributed by atoms with Crippen LogP contribution in [0.15, 0.2) is 24.3 Å². The molecule has 0 radical (unpaired) electrons. The summed E-state index contributed by atoms with van der Waals surface area (Å²) < 4.78 is 5.30. The van der Waals surface area contributed by atoms with Crippen molar-refractivity contribution in [3.63, 3.8) is 0 Å². The number of hydrogen-bond donors (Lipinski definition) is 1. The number of aryl methyl sites for hydroxylation is 1. The Labute approximate surface area is 101 Å². The number of benzene rings is 1. The lowest BCUT2D eigenvalue weighted by molar-refractivity contribution is -0.143. The van der Waals surface area contributed by atoms with Crippen molar-refractivity contribution in [2.24, 2.45) is 0 Å². The molecule has 0 bridgehead atoms. The normalized spacial score (nSPS) is 19.6. The minimum atomic E-state index is -0.904. The molecule has 17 heavy (non-hydrogen) atoms. The van der Waals surface area contributed by atoms with Gasteiger partial charge in [0.1, 0.15) is 6.61 Å². The molecule has 0 aromatic heterocycles. The summed E-state index contributed by atoms with van der Waals surface area (Å²) in [6.45, 7) is 3.56. The van der Waals surface area contributed by atoms with Gasteiger partial charge in [0.25, 0.3) is 0 Å². The summed E-state index contributed by atoms with van der Waals surface area (Å²) in [6.07, 6.45) is 0.925. The molecule has 0 spiro atoms. The fourth-order valence-electron chi connectivity index (χ4n) is 2.04. The molecule has 1 fully saturated rings. The maximum Gasteiger partial charge on any atom is 0.329 e. The molecule has 4 heteroatoms. The van der Waals surface area contributed by atoms with E-state index in [0.717, 1.165) is 19.5 Å². The van der Waals surface area contributed by atoms with Gasteiger partial charge in [-0.05, 0) is 25.5 Å². The smallest absolute Gasteiger partial charge is 0.329 e. The van der Waals surface area contributed by atoms with Gasteiger partial charge in [-0.2, -0.15) is 0 Å². The third kappa shape index (κ3) is 3.20. The van der Waals surface area contributed by atoms with Crippen LogP contribution in [0.3, 0.4) is 0 Å². The van der Waals surface area contributed by atoms with Crippen molar-refractivity contribution < 1.29 is 14.6 Å². The van der Waals surface area contributed by atoms with Crippen LogP contribution in [0.5, 0.6) is 0 Å². The van der Waals surface area contributed by atoms with Crippen LogP contribution in [0.2, 0.25) is 0 Å². The van der Waals surface area contributed by atoms with Crippen molar-refractivity contribution in [3.8, 4) is 0 Å². The SMILES string of the molecule is Cc1ccc(N2CC[C@@H](OCC(=O)O)C2)cc1. The molecule has 1 N–H and O–H groups in total. The summed E-state index contributed by atoms with van der Waals surface area (Å²) in [4.78, 5) is 12.6. The molecule has 1 aliphatic rings. The topological polar surface area (TPSA) is 49.8 Å². The highest BCUT2D eigenvalue weighted by atomic mass is 16.5. The second kappa shape index (κ2) is 5.19. The Bertz CT molecular complexity index is 388. The first kappa shape index (κ1) is 11.9. The zero-order valence-corrected chi connectivity index (χ0v) is 9.93. The van der Waals surface area contributed by atoms with E-state index in [1.165, 1.54) is 11.3 Å². The zero-order chi connectivity index (χ0) is 12.3. The fourth-order valence-corrected chi connectivity index (χ4v) is 2.04. The molecule has 92 valence electrons. The van der Waals surface area contributed by atoms with E-state index < -0.39 is 5.97 Å². The quantitative estimate of drug-likeness (QED) is 0.862. The van der Waals surface area contributed by atoms with Crippen LogP contribution in [-0.4, -0.2) is 36.9 Å². The Hall–Kier alpha value is -1.55. The summed E-state index contributed by atoms with van der Waals surface area (Å²) in [5.74, 6) is -0.904. The first-order chi connectivity index (χ1) is 8.15.